The quantitative estimate of drug-likeness (QED) is 0.220. The molecule has 0 radical (unpaired) electrons. The summed E-state index contributed by atoms with van der Waals surface area (Å²) in [5.74, 6) is -2.18. The minimum Gasteiger partial charge on any atom is -0.465 e. The first-order valence-electron chi connectivity index (χ1n) is 13.8. The van der Waals surface area contributed by atoms with Gasteiger partial charge >= 0.3 is 6.09 Å². The number of carbonyl (C=O) groups excluding carboxylic acids is 4. The van der Waals surface area contributed by atoms with E-state index in [1.807, 2.05) is 20.8 Å². The van der Waals surface area contributed by atoms with E-state index < -0.39 is 62.5 Å². The highest BCUT2D eigenvalue weighted by molar-refractivity contribution is 7.90. The molecule has 5 amide bonds. The van der Waals surface area contributed by atoms with E-state index in [1.165, 1.54) is 4.90 Å². The van der Waals surface area contributed by atoms with Crippen LogP contribution in [-0.4, -0.2) is 90.0 Å². The number of rotatable bonds is 11. The van der Waals surface area contributed by atoms with Gasteiger partial charge in [-0.15, -0.1) is 0 Å². The van der Waals surface area contributed by atoms with E-state index >= 15 is 0 Å². The van der Waals surface area contributed by atoms with E-state index in [2.05, 4.69) is 15.4 Å². The fourth-order valence-electron chi connectivity index (χ4n) is 5.70. The summed E-state index contributed by atoms with van der Waals surface area (Å²) in [5.41, 5.74) is 0.590. The lowest BCUT2D eigenvalue weighted by Gasteiger charge is -2.51. The molecule has 4 N–H and O–H groups in total. The summed E-state index contributed by atoms with van der Waals surface area (Å²) in [6.07, 6.45) is 2.11. The summed E-state index contributed by atoms with van der Waals surface area (Å²) in [5, 5.41) is 14.0. The van der Waals surface area contributed by atoms with E-state index in [0.29, 0.717) is 18.7 Å². The number of sulfonamides is 1. The molecule has 4 rings (SSSR count). The van der Waals surface area contributed by atoms with Gasteiger partial charge in [-0.05, 0) is 42.9 Å². The molecule has 2 saturated heterocycles. The second-order valence-electron chi connectivity index (χ2n) is 11.8. The van der Waals surface area contributed by atoms with Crippen molar-refractivity contribution in [3.8, 4) is 0 Å². The number of fused-ring (bicyclic) bond motifs is 1. The first kappa shape index (κ1) is 30.4. The molecule has 1 aromatic rings. The zero-order valence-corrected chi connectivity index (χ0v) is 24.3. The molecule has 3 atom stereocenters. The molecule has 3 heterocycles. The Morgan fingerprint density at radius 2 is 1.68 bits per heavy atom. The number of nitrogens with zero attached hydrogens (tertiary/aromatic N) is 2. The van der Waals surface area contributed by atoms with Crippen LogP contribution < -0.4 is 15.4 Å². The van der Waals surface area contributed by atoms with Crippen molar-refractivity contribution in [2.45, 2.75) is 76.6 Å². The first-order valence-corrected chi connectivity index (χ1v) is 15.3. The largest absolute Gasteiger partial charge is 0.465 e. The van der Waals surface area contributed by atoms with Crippen LogP contribution in [0.25, 0.3) is 0 Å². The number of unbranched alkanes of at least 4 members (excludes halogenated alkanes) is 3. The second kappa shape index (κ2) is 11.8. The van der Waals surface area contributed by atoms with Crippen molar-refractivity contribution >= 4 is 45.4 Å². The predicted molar refractivity (Wildman–Crippen MR) is 149 cm³/mol. The van der Waals surface area contributed by atoms with Crippen molar-refractivity contribution < 1.29 is 37.5 Å². The minimum absolute atomic E-state index is 0.0321. The Bertz CT molecular complexity index is 1360. The minimum atomic E-state index is -3.65. The van der Waals surface area contributed by atoms with Gasteiger partial charge < -0.3 is 15.3 Å². The predicted octanol–water partition coefficient (Wildman–Crippen LogP) is 1.76. The van der Waals surface area contributed by atoms with Crippen molar-refractivity contribution in [3.05, 3.63) is 29.3 Å². The van der Waals surface area contributed by atoms with Crippen molar-refractivity contribution in [1.29, 1.82) is 0 Å². The molecule has 0 bridgehead atoms. The van der Waals surface area contributed by atoms with Crippen LogP contribution in [0.4, 0.5) is 10.5 Å². The fourth-order valence-corrected chi connectivity index (χ4v) is 7.59. The van der Waals surface area contributed by atoms with E-state index in [0.717, 1.165) is 24.2 Å². The maximum Gasteiger partial charge on any atom is 0.407 e. The van der Waals surface area contributed by atoms with Crippen LogP contribution in [0.15, 0.2) is 18.2 Å². The number of anilines is 1. The number of likely N-dealkylation sites (tertiary alicyclic amines) is 1. The van der Waals surface area contributed by atoms with E-state index in [-0.39, 0.29) is 37.1 Å². The van der Waals surface area contributed by atoms with Gasteiger partial charge in [0.2, 0.25) is 21.8 Å². The van der Waals surface area contributed by atoms with Gasteiger partial charge in [0.1, 0.15) is 11.3 Å². The van der Waals surface area contributed by atoms with Gasteiger partial charge in [-0.3, -0.25) is 29.4 Å². The summed E-state index contributed by atoms with van der Waals surface area (Å²) in [7, 11) is -3.65. The Labute approximate surface area is 239 Å². The SMILES string of the molecule is CC(C)(C)C1C(S(=O)(=O)NCCCCCCNc2ccc3c(c2)C(=O)N(C2CCC(=O)NC2=O)C3=O)CN1C(=O)O. The Kier molecular flexibility index (Phi) is 8.73. The maximum atomic E-state index is 12.9. The van der Waals surface area contributed by atoms with Crippen molar-refractivity contribution in [2.75, 3.05) is 25.0 Å². The first-order chi connectivity index (χ1) is 19.2. The molecular formula is C27H37N5O8S. The number of hydrogen-bond acceptors (Lipinski definition) is 8. The van der Waals surface area contributed by atoms with Gasteiger partial charge in [-0.25, -0.2) is 17.9 Å². The third-order valence-corrected chi connectivity index (χ3v) is 9.58. The molecule has 2 fully saturated rings. The molecule has 1 aromatic carbocycles. The summed E-state index contributed by atoms with van der Waals surface area (Å²) < 4.78 is 28.2. The van der Waals surface area contributed by atoms with E-state index in [9.17, 15) is 37.5 Å². The summed E-state index contributed by atoms with van der Waals surface area (Å²) >= 11 is 0. The summed E-state index contributed by atoms with van der Waals surface area (Å²) in [6, 6.07) is 3.24. The molecule has 224 valence electrons. The second-order valence-corrected chi connectivity index (χ2v) is 13.8. The molecule has 0 aliphatic carbocycles. The molecular weight excluding hydrogens is 554 g/mol. The van der Waals surface area contributed by atoms with Gasteiger partial charge in [0.25, 0.3) is 11.8 Å². The van der Waals surface area contributed by atoms with Crippen LogP contribution in [0.3, 0.4) is 0 Å². The normalized spacial score (nSPS) is 22.9. The molecule has 3 aliphatic rings. The van der Waals surface area contributed by atoms with Crippen molar-refractivity contribution in [1.82, 2.24) is 19.8 Å². The van der Waals surface area contributed by atoms with Crippen LogP contribution in [0, 0.1) is 5.41 Å². The van der Waals surface area contributed by atoms with Crippen LogP contribution in [0.5, 0.6) is 0 Å². The molecule has 0 spiro atoms. The fraction of sp³-hybridized carbons (Fsp3) is 0.593. The Hall–Kier alpha value is -3.52. The molecule has 3 unspecified atom stereocenters. The molecule has 0 aromatic heterocycles. The Balaban J connectivity index is 1.18. The molecule has 41 heavy (non-hydrogen) atoms. The number of carboxylic acid groups (broad SMARTS) is 1. The maximum absolute atomic E-state index is 12.9. The van der Waals surface area contributed by atoms with Crippen LogP contribution >= 0.6 is 0 Å². The zero-order valence-electron chi connectivity index (χ0n) is 23.4. The lowest BCUT2D eigenvalue weighted by molar-refractivity contribution is -0.136. The topological polar surface area (TPSA) is 182 Å². The van der Waals surface area contributed by atoms with Crippen LogP contribution in [0.1, 0.15) is 80.0 Å². The lowest BCUT2D eigenvalue weighted by atomic mass is 9.79. The highest BCUT2D eigenvalue weighted by Crippen LogP contribution is 2.37. The third-order valence-electron chi connectivity index (χ3n) is 7.77. The van der Waals surface area contributed by atoms with Gasteiger partial charge in [0.15, 0.2) is 0 Å². The van der Waals surface area contributed by atoms with Gasteiger partial charge in [0, 0.05) is 31.7 Å². The summed E-state index contributed by atoms with van der Waals surface area (Å²) in [4.78, 5) is 62.9. The highest BCUT2D eigenvalue weighted by Gasteiger charge is 2.54. The van der Waals surface area contributed by atoms with Gasteiger partial charge in [-0.1, -0.05) is 33.6 Å². The van der Waals surface area contributed by atoms with E-state index in [1.54, 1.807) is 18.2 Å². The lowest BCUT2D eigenvalue weighted by Crippen LogP contribution is -2.70. The number of carbonyl (C=O) groups is 5. The number of hydrogen-bond donors (Lipinski definition) is 4. The standard InChI is InChI=1S/C27H37N5O8S/c1-27(2,3)22-20(15-31(22)26(37)38)41(39,40)29-13-7-5-4-6-12-28-16-8-9-17-18(14-16)25(36)32(24(17)35)19-10-11-21(33)30-23(19)34/h8-9,14,19-20,22,28-29H,4-7,10-13,15H2,1-3H3,(H,37,38)(H,30,33,34). The molecule has 3 aliphatic heterocycles. The summed E-state index contributed by atoms with van der Waals surface area (Å²) in [6.45, 7) is 6.35. The van der Waals surface area contributed by atoms with Gasteiger partial charge in [0.05, 0.1) is 17.2 Å². The zero-order chi connectivity index (χ0) is 30.1. The Morgan fingerprint density at radius 1 is 1.02 bits per heavy atom. The average molecular weight is 592 g/mol. The molecule has 14 heteroatoms. The monoisotopic (exact) mass is 591 g/mol. The Morgan fingerprint density at radius 3 is 2.32 bits per heavy atom. The number of benzene rings is 1. The van der Waals surface area contributed by atoms with Crippen LogP contribution in [-0.2, 0) is 19.6 Å². The molecule has 0 saturated carbocycles. The number of nitrogens with one attached hydrogen (secondary N) is 3. The smallest absolute Gasteiger partial charge is 0.407 e. The van der Waals surface area contributed by atoms with Crippen LogP contribution in [0.2, 0.25) is 0 Å². The third kappa shape index (κ3) is 6.38. The number of imide groups is 2. The number of amides is 5. The molecule has 13 nitrogen and oxygen atoms in total. The average Bonchev–Trinajstić information content (AvgIpc) is 3.08. The van der Waals surface area contributed by atoms with E-state index in [4.69, 9.17) is 0 Å². The van der Waals surface area contributed by atoms with Gasteiger partial charge in [-0.2, -0.15) is 0 Å². The van der Waals surface area contributed by atoms with Crippen molar-refractivity contribution in [3.63, 3.8) is 0 Å². The highest BCUT2D eigenvalue weighted by atomic mass is 32.2. The van der Waals surface area contributed by atoms with Crippen molar-refractivity contribution in [2.24, 2.45) is 5.41 Å². The number of piperidine rings is 1.